The summed E-state index contributed by atoms with van der Waals surface area (Å²) < 4.78 is 5.55. The van der Waals surface area contributed by atoms with Crippen molar-refractivity contribution in [1.82, 2.24) is 15.2 Å². The average Bonchev–Trinajstić information content (AvgIpc) is 3.35. The summed E-state index contributed by atoms with van der Waals surface area (Å²) in [6, 6.07) is 16.9. The Morgan fingerprint density at radius 1 is 1.15 bits per heavy atom. The summed E-state index contributed by atoms with van der Waals surface area (Å²) in [6.45, 7) is 6.59. The maximum Gasteiger partial charge on any atom is 0.314 e. The molecule has 8 heteroatoms. The Morgan fingerprint density at radius 3 is 2.61 bits per heavy atom. The fourth-order valence-electron chi connectivity index (χ4n) is 5.60. The van der Waals surface area contributed by atoms with Gasteiger partial charge in [0.25, 0.3) is 0 Å². The van der Waals surface area contributed by atoms with Gasteiger partial charge in [0, 0.05) is 42.1 Å². The first kappa shape index (κ1) is 30.1. The van der Waals surface area contributed by atoms with E-state index >= 15 is 0 Å². The molecule has 1 aliphatic heterocycles. The van der Waals surface area contributed by atoms with Crippen molar-refractivity contribution in [3.05, 3.63) is 84.1 Å². The highest BCUT2D eigenvalue weighted by molar-refractivity contribution is 5.94. The molecular weight excluding hydrogens is 516 g/mol. The lowest BCUT2D eigenvalue weighted by Crippen LogP contribution is -2.56. The number of hydrogen-bond acceptors (Lipinski definition) is 5. The van der Waals surface area contributed by atoms with Gasteiger partial charge in [-0.05, 0) is 69.7 Å². The number of likely N-dealkylation sites (tertiary alicyclic amines) is 1. The number of hydrogen-bond donors (Lipinski definition) is 3. The first-order valence-electron chi connectivity index (χ1n) is 14.4. The molecule has 3 aromatic rings. The van der Waals surface area contributed by atoms with Crippen molar-refractivity contribution in [3.8, 4) is 0 Å². The number of carbonyl (C=O) groups is 3. The van der Waals surface area contributed by atoms with Crippen LogP contribution in [-0.2, 0) is 32.0 Å². The Morgan fingerprint density at radius 2 is 1.88 bits per heavy atom. The highest BCUT2D eigenvalue weighted by atomic mass is 16.5. The van der Waals surface area contributed by atoms with E-state index in [0.29, 0.717) is 38.6 Å². The second kappa shape index (κ2) is 13.2. The minimum atomic E-state index is -0.854. The van der Waals surface area contributed by atoms with Crippen molar-refractivity contribution in [3.63, 3.8) is 0 Å². The molecule has 1 fully saturated rings. The maximum atomic E-state index is 14.2. The second-order valence-corrected chi connectivity index (χ2v) is 11.7. The molecule has 0 saturated carbocycles. The van der Waals surface area contributed by atoms with Crippen LogP contribution in [0.25, 0.3) is 10.9 Å². The monoisotopic (exact) mass is 558 g/mol. The number of H-pyrrole nitrogens is 1. The zero-order valence-electron chi connectivity index (χ0n) is 24.3. The Labute approximate surface area is 242 Å². The molecule has 218 valence electrons. The first-order valence-corrected chi connectivity index (χ1v) is 14.4. The highest BCUT2D eigenvalue weighted by Gasteiger charge is 2.45. The first-order chi connectivity index (χ1) is 19.6. The second-order valence-electron chi connectivity index (χ2n) is 11.7. The zero-order chi connectivity index (χ0) is 29.5. The van der Waals surface area contributed by atoms with E-state index in [0.717, 1.165) is 22.0 Å². The molecule has 1 aliphatic rings. The number of para-hydroxylation sites is 1. The molecule has 41 heavy (non-hydrogen) atoms. The zero-order valence-corrected chi connectivity index (χ0v) is 24.3. The van der Waals surface area contributed by atoms with Crippen molar-refractivity contribution < 1.29 is 19.1 Å². The number of amides is 2. The molecule has 8 nitrogen and oxygen atoms in total. The van der Waals surface area contributed by atoms with Gasteiger partial charge in [-0.15, -0.1) is 0 Å². The number of esters is 1. The van der Waals surface area contributed by atoms with Crippen LogP contribution in [0.15, 0.2) is 72.9 Å². The minimum Gasteiger partial charge on any atom is -0.466 e. The molecule has 2 atom stereocenters. The fraction of sp³-hybridized carbons (Fsp3) is 0.424. The van der Waals surface area contributed by atoms with Gasteiger partial charge in [-0.2, -0.15) is 0 Å². The Kier molecular flexibility index (Phi) is 9.65. The minimum absolute atomic E-state index is 0.211. The van der Waals surface area contributed by atoms with Gasteiger partial charge in [-0.1, -0.05) is 54.6 Å². The van der Waals surface area contributed by atoms with Crippen LogP contribution in [0.3, 0.4) is 0 Å². The predicted octanol–water partition coefficient (Wildman–Crippen LogP) is 4.29. The van der Waals surface area contributed by atoms with Gasteiger partial charge in [-0.25, -0.2) is 0 Å². The van der Waals surface area contributed by atoms with Crippen LogP contribution >= 0.6 is 0 Å². The van der Waals surface area contributed by atoms with Crippen molar-refractivity contribution in [1.29, 1.82) is 0 Å². The maximum absolute atomic E-state index is 14.2. The van der Waals surface area contributed by atoms with Crippen LogP contribution in [-0.4, -0.2) is 58.9 Å². The van der Waals surface area contributed by atoms with Crippen LogP contribution in [0.2, 0.25) is 0 Å². The summed E-state index contributed by atoms with van der Waals surface area (Å²) >= 11 is 0. The molecule has 0 aliphatic carbocycles. The normalized spacial score (nSPS) is 18.4. The van der Waals surface area contributed by atoms with Gasteiger partial charge in [-0.3, -0.25) is 14.4 Å². The number of ether oxygens (including phenoxy) is 1. The molecule has 2 amide bonds. The van der Waals surface area contributed by atoms with E-state index in [-0.39, 0.29) is 30.9 Å². The highest BCUT2D eigenvalue weighted by Crippen LogP contribution is 2.36. The van der Waals surface area contributed by atoms with Crippen molar-refractivity contribution >= 4 is 28.7 Å². The number of carbonyl (C=O) groups excluding carboxylic acids is 3. The molecule has 0 radical (unpaired) electrons. The lowest BCUT2D eigenvalue weighted by molar-refractivity contribution is -0.161. The molecule has 0 unspecified atom stereocenters. The lowest BCUT2D eigenvalue weighted by atomic mass is 9.75. The molecule has 0 spiro atoms. The SMILES string of the molecule is CCOC(=O)[C@]1(Cc2ccccc2)CCCN(C(=O)[C@@H](Cc2c[nH]c3ccccc23)NC(=O)/C=C/CC(C)(C)N)C1. The number of piperidine rings is 1. The molecule has 2 heterocycles. The van der Waals surface area contributed by atoms with Gasteiger partial charge in [0.15, 0.2) is 0 Å². The number of nitrogens with one attached hydrogen (secondary N) is 2. The number of benzene rings is 2. The van der Waals surface area contributed by atoms with Crippen molar-refractivity contribution in [2.75, 3.05) is 19.7 Å². The topological polar surface area (TPSA) is 118 Å². The quantitative estimate of drug-likeness (QED) is 0.240. The van der Waals surface area contributed by atoms with Crippen LogP contribution < -0.4 is 11.1 Å². The van der Waals surface area contributed by atoms with E-state index in [1.54, 1.807) is 17.9 Å². The van der Waals surface area contributed by atoms with Gasteiger partial charge in [0.2, 0.25) is 11.8 Å². The molecular formula is C33H42N4O4. The molecule has 0 bridgehead atoms. The largest absolute Gasteiger partial charge is 0.466 e. The number of rotatable bonds is 11. The summed E-state index contributed by atoms with van der Waals surface area (Å²) in [5.74, 6) is -0.853. The molecule has 4 N–H and O–H groups in total. The summed E-state index contributed by atoms with van der Waals surface area (Å²) in [4.78, 5) is 45.5. The smallest absolute Gasteiger partial charge is 0.314 e. The van der Waals surface area contributed by atoms with Gasteiger partial charge in [0.05, 0.1) is 12.0 Å². The molecule has 1 saturated heterocycles. The van der Waals surface area contributed by atoms with Gasteiger partial charge >= 0.3 is 5.97 Å². The number of aromatic amines is 1. The van der Waals surface area contributed by atoms with E-state index in [1.807, 2.05) is 74.6 Å². The third kappa shape index (κ3) is 7.85. The summed E-state index contributed by atoms with van der Waals surface area (Å²) in [5.41, 5.74) is 7.67. The van der Waals surface area contributed by atoms with Crippen LogP contribution in [0.4, 0.5) is 0 Å². The molecule has 4 rings (SSSR count). The van der Waals surface area contributed by atoms with Crippen LogP contribution in [0.1, 0.15) is 51.2 Å². The third-order valence-corrected chi connectivity index (χ3v) is 7.61. The van der Waals surface area contributed by atoms with E-state index in [1.165, 1.54) is 6.08 Å². The van der Waals surface area contributed by atoms with Crippen LogP contribution in [0.5, 0.6) is 0 Å². The number of nitrogens with zero attached hydrogens (tertiary/aromatic N) is 1. The predicted molar refractivity (Wildman–Crippen MR) is 161 cm³/mol. The van der Waals surface area contributed by atoms with E-state index < -0.39 is 17.0 Å². The summed E-state index contributed by atoms with van der Waals surface area (Å²) in [5, 5.41) is 3.95. The summed E-state index contributed by atoms with van der Waals surface area (Å²) in [6.07, 6.45) is 7.67. The Bertz CT molecular complexity index is 1370. The number of fused-ring (bicyclic) bond motifs is 1. The summed E-state index contributed by atoms with van der Waals surface area (Å²) in [7, 11) is 0. The molecule has 2 aromatic carbocycles. The van der Waals surface area contributed by atoms with Gasteiger partial charge < -0.3 is 25.7 Å². The van der Waals surface area contributed by atoms with Crippen molar-refractivity contribution in [2.45, 2.75) is 64.5 Å². The standard InChI is InChI=1S/C33H42N4O4/c1-4-41-31(40)33(21-24-12-6-5-7-13-24)18-11-19-37(23-33)30(39)28(36-29(38)16-10-17-32(2,3)34)20-25-22-35-27-15-9-8-14-26(25)27/h5-10,12-16,22,28,35H,4,11,17-21,23,34H2,1-3H3,(H,36,38)/b16-10+/t28-,33+/m1/s1. The lowest BCUT2D eigenvalue weighted by Gasteiger charge is -2.42. The van der Waals surface area contributed by atoms with Crippen molar-refractivity contribution in [2.24, 2.45) is 11.1 Å². The third-order valence-electron chi connectivity index (χ3n) is 7.61. The average molecular weight is 559 g/mol. The Balaban J connectivity index is 1.60. The van der Waals surface area contributed by atoms with E-state index in [9.17, 15) is 14.4 Å². The van der Waals surface area contributed by atoms with Crippen LogP contribution in [0, 0.1) is 5.41 Å². The van der Waals surface area contributed by atoms with Gasteiger partial charge in [0.1, 0.15) is 6.04 Å². The number of nitrogens with two attached hydrogens (primary N) is 1. The Hall–Kier alpha value is -3.91. The number of aromatic nitrogens is 1. The fourth-order valence-corrected chi connectivity index (χ4v) is 5.60. The molecule has 1 aromatic heterocycles. The van der Waals surface area contributed by atoms with E-state index in [2.05, 4.69) is 10.3 Å². The van der Waals surface area contributed by atoms with E-state index in [4.69, 9.17) is 10.5 Å².